The molecule has 0 radical (unpaired) electrons. The van der Waals surface area contributed by atoms with Gasteiger partial charge in [-0.25, -0.2) is 0 Å². The smallest absolute Gasteiger partial charge is 0.211 e. The topological polar surface area (TPSA) is 183 Å². The molecule has 35 heavy (non-hydrogen) atoms. The maximum Gasteiger partial charge on any atom is 0.211 e. The van der Waals surface area contributed by atoms with E-state index in [0.717, 1.165) is 13.2 Å². The van der Waals surface area contributed by atoms with Crippen molar-refractivity contribution in [2.75, 3.05) is 59.5 Å². The van der Waals surface area contributed by atoms with Gasteiger partial charge in [0.05, 0.1) is 46.2 Å². The van der Waals surface area contributed by atoms with E-state index in [9.17, 15) is 35.1 Å². The molecule has 2 atom stereocenters. The van der Waals surface area contributed by atoms with Gasteiger partial charge >= 0.3 is 0 Å². The highest BCUT2D eigenvalue weighted by atomic mass is 16.5. The molecule has 0 aromatic heterocycles. The van der Waals surface area contributed by atoms with Gasteiger partial charge in [-0.05, 0) is 26.7 Å². The van der Waals surface area contributed by atoms with Crippen LogP contribution in [0.1, 0.15) is 66.2 Å². The van der Waals surface area contributed by atoms with Crippen LogP contribution >= 0.6 is 0 Å². The van der Waals surface area contributed by atoms with Crippen LogP contribution in [-0.2, 0) is 23.8 Å². The van der Waals surface area contributed by atoms with Crippen molar-refractivity contribution in [2.45, 2.75) is 83.0 Å². The summed E-state index contributed by atoms with van der Waals surface area (Å²) in [5, 5.41) is 60.2. The van der Waals surface area contributed by atoms with Gasteiger partial charge in [-0.1, -0.05) is 39.5 Å². The van der Waals surface area contributed by atoms with Crippen molar-refractivity contribution in [3.05, 3.63) is 0 Å². The van der Waals surface area contributed by atoms with Gasteiger partial charge in [0.2, 0.25) is 17.2 Å². The number of ether oxygens (including phenoxy) is 3. The maximum absolute atomic E-state index is 13.1. The molecule has 0 fully saturated rings. The van der Waals surface area contributed by atoms with Gasteiger partial charge in [-0.15, -0.1) is 0 Å². The normalized spacial score (nSPS) is 16.4. The average molecular weight is 513 g/mol. The molecule has 0 amide bonds. The van der Waals surface area contributed by atoms with E-state index in [4.69, 9.17) is 19.3 Å². The second-order valence-electron chi connectivity index (χ2n) is 8.28. The summed E-state index contributed by atoms with van der Waals surface area (Å²) in [6.07, 6.45) is 1.42. The van der Waals surface area contributed by atoms with Crippen LogP contribution in [-0.4, -0.2) is 118 Å². The predicted octanol–water partition coefficient (Wildman–Crippen LogP) is -0.249. The van der Waals surface area contributed by atoms with Crippen molar-refractivity contribution >= 4 is 11.6 Å². The Morgan fingerprint density at radius 1 is 0.657 bits per heavy atom. The van der Waals surface area contributed by atoms with Gasteiger partial charge < -0.3 is 44.8 Å². The lowest BCUT2D eigenvalue weighted by Crippen LogP contribution is -2.66. The molecule has 0 rings (SSSR count). The van der Waals surface area contributed by atoms with Crippen LogP contribution in [0.4, 0.5) is 0 Å². The van der Waals surface area contributed by atoms with Crippen molar-refractivity contribution < 1.29 is 54.4 Å². The zero-order valence-corrected chi connectivity index (χ0v) is 21.8. The summed E-state index contributed by atoms with van der Waals surface area (Å²) in [7, 11) is 0. The van der Waals surface area contributed by atoms with Gasteiger partial charge in [0.25, 0.3) is 0 Å². The lowest BCUT2D eigenvalue weighted by Gasteiger charge is -2.38. The predicted molar refractivity (Wildman–Crippen MR) is 129 cm³/mol. The molecule has 11 nitrogen and oxygen atoms in total. The van der Waals surface area contributed by atoms with Gasteiger partial charge in [0.1, 0.15) is 11.2 Å². The number of hydrogen-bond acceptors (Lipinski definition) is 11. The summed E-state index contributed by atoms with van der Waals surface area (Å²) in [5.74, 6) is -2.79. The zero-order valence-electron chi connectivity index (χ0n) is 21.8. The summed E-state index contributed by atoms with van der Waals surface area (Å²) in [6.45, 7) is 5.98. The molecule has 0 saturated heterocycles. The quantitative estimate of drug-likeness (QED) is 0.0880. The number of hydrogen-bond donors (Lipinski definition) is 6. The van der Waals surface area contributed by atoms with Crippen LogP contribution in [0.15, 0.2) is 0 Å². The highest BCUT2D eigenvalue weighted by molar-refractivity contribution is 6.16. The molecule has 0 aliphatic heterocycles. The molecular weight excluding hydrogens is 464 g/mol. The van der Waals surface area contributed by atoms with E-state index in [1.54, 1.807) is 13.8 Å². The molecule has 2 unspecified atom stereocenters. The second kappa shape index (κ2) is 20.1. The number of carbonyl (C=O) groups excluding carboxylic acids is 2. The van der Waals surface area contributed by atoms with Crippen LogP contribution in [0.25, 0.3) is 0 Å². The van der Waals surface area contributed by atoms with Crippen LogP contribution in [0.2, 0.25) is 0 Å². The minimum absolute atomic E-state index is 0.000768. The Hall–Kier alpha value is -1.02. The van der Waals surface area contributed by atoms with E-state index >= 15 is 0 Å². The van der Waals surface area contributed by atoms with E-state index < -0.39 is 48.2 Å². The third kappa shape index (κ3) is 12.7. The van der Waals surface area contributed by atoms with Crippen LogP contribution in [0, 0.1) is 0 Å². The van der Waals surface area contributed by atoms with E-state index in [1.807, 2.05) is 13.8 Å². The lowest BCUT2D eigenvalue weighted by atomic mass is 9.74. The third-order valence-corrected chi connectivity index (χ3v) is 5.33. The molecule has 0 heterocycles. The highest BCUT2D eigenvalue weighted by Gasteiger charge is 2.58. The first-order valence-electron chi connectivity index (χ1n) is 12.4. The van der Waals surface area contributed by atoms with Crippen molar-refractivity contribution in [3.8, 4) is 0 Å². The molecule has 6 N–H and O–H groups in total. The first-order chi connectivity index (χ1) is 16.5. The van der Waals surface area contributed by atoms with Gasteiger partial charge in [-0.2, -0.15) is 0 Å². The van der Waals surface area contributed by atoms with Crippen LogP contribution < -0.4 is 0 Å². The standard InChI is InChI=1S/C20H38O10.C4H10O/c1-3-5-7-18(26,13-22)16(24)20(28,15-30-12-11-29-10-9-21)17(25)19(27,14-23)8-6-4-2;1-3-5-4-2/h21-23,26-28H,3-15H2,1-2H3;3-4H2,1-2H3. The minimum atomic E-state index is -2.99. The number of aliphatic hydroxyl groups excluding tert-OH is 3. The average Bonchev–Trinajstić information content (AvgIpc) is 2.87. The van der Waals surface area contributed by atoms with Crippen molar-refractivity contribution in [2.24, 2.45) is 0 Å². The largest absolute Gasteiger partial charge is 0.394 e. The minimum Gasteiger partial charge on any atom is -0.394 e. The summed E-state index contributed by atoms with van der Waals surface area (Å²) in [5.41, 5.74) is -7.83. The SMILES string of the molecule is CCCCC(O)(CO)C(=O)C(O)(COCCOCCO)C(=O)C(O)(CO)CCCC.CCOCC. The maximum atomic E-state index is 13.1. The molecule has 0 aromatic rings. The first kappa shape index (κ1) is 36.1. The number of Topliss-reactive ketones (excluding diaryl/α,β-unsaturated/α-hetero) is 2. The second-order valence-corrected chi connectivity index (χ2v) is 8.28. The number of aliphatic hydroxyl groups is 6. The fourth-order valence-corrected chi connectivity index (χ4v) is 3.18. The molecule has 0 spiro atoms. The molecule has 0 bridgehead atoms. The first-order valence-corrected chi connectivity index (χ1v) is 12.4. The molecule has 210 valence electrons. The molecule has 0 aliphatic rings. The lowest BCUT2D eigenvalue weighted by molar-refractivity contribution is -0.185. The number of carbonyl (C=O) groups is 2. The molecule has 0 saturated carbocycles. The number of ketones is 2. The van der Waals surface area contributed by atoms with E-state index in [1.165, 1.54) is 0 Å². The van der Waals surface area contributed by atoms with Crippen LogP contribution in [0.3, 0.4) is 0 Å². The van der Waals surface area contributed by atoms with E-state index in [-0.39, 0.29) is 39.3 Å². The zero-order chi connectivity index (χ0) is 27.4. The van der Waals surface area contributed by atoms with Gasteiger partial charge in [0, 0.05) is 13.2 Å². The number of unbranched alkanes of at least 4 members (excludes halogenated alkanes) is 2. The molecule has 0 aliphatic carbocycles. The van der Waals surface area contributed by atoms with Gasteiger partial charge in [-0.3, -0.25) is 9.59 Å². The van der Waals surface area contributed by atoms with Crippen molar-refractivity contribution in [1.29, 1.82) is 0 Å². The summed E-state index contributed by atoms with van der Waals surface area (Å²) in [4.78, 5) is 26.1. The van der Waals surface area contributed by atoms with Crippen LogP contribution in [0.5, 0.6) is 0 Å². The Morgan fingerprint density at radius 3 is 1.40 bits per heavy atom. The van der Waals surface area contributed by atoms with Crippen molar-refractivity contribution in [3.63, 3.8) is 0 Å². The molecule has 11 heteroatoms. The Morgan fingerprint density at radius 2 is 1.09 bits per heavy atom. The summed E-state index contributed by atoms with van der Waals surface area (Å²) < 4.78 is 15.0. The summed E-state index contributed by atoms with van der Waals surface area (Å²) in [6, 6.07) is 0. The van der Waals surface area contributed by atoms with Gasteiger partial charge in [0.15, 0.2) is 0 Å². The van der Waals surface area contributed by atoms with E-state index in [0.29, 0.717) is 25.7 Å². The fraction of sp³-hybridized carbons (Fsp3) is 0.917. The Balaban J connectivity index is 0. The van der Waals surface area contributed by atoms with Crippen molar-refractivity contribution in [1.82, 2.24) is 0 Å². The Kier molecular flexibility index (Phi) is 20.7. The third-order valence-electron chi connectivity index (χ3n) is 5.33. The Bertz CT molecular complexity index is 522. The summed E-state index contributed by atoms with van der Waals surface area (Å²) >= 11 is 0. The molecule has 0 aromatic carbocycles. The highest BCUT2D eigenvalue weighted by Crippen LogP contribution is 2.29. The van der Waals surface area contributed by atoms with E-state index in [2.05, 4.69) is 0 Å². The number of rotatable bonds is 21. The Labute approximate surface area is 209 Å². The molecular formula is C24H48O11. The monoisotopic (exact) mass is 512 g/mol. The fourth-order valence-electron chi connectivity index (χ4n) is 3.18.